The van der Waals surface area contributed by atoms with Crippen LogP contribution in [0.1, 0.15) is 25.0 Å². The Morgan fingerprint density at radius 1 is 1.11 bits per heavy atom. The van der Waals surface area contributed by atoms with Crippen molar-refractivity contribution in [3.63, 3.8) is 0 Å². The predicted octanol–water partition coefficient (Wildman–Crippen LogP) is -2.93. The van der Waals surface area contributed by atoms with Crippen molar-refractivity contribution in [1.29, 1.82) is 0 Å². The zero-order valence-corrected chi connectivity index (χ0v) is 14.8. The van der Waals surface area contributed by atoms with Crippen molar-refractivity contribution in [2.75, 3.05) is 0 Å². The lowest BCUT2D eigenvalue weighted by Gasteiger charge is -2.21. The summed E-state index contributed by atoms with van der Waals surface area (Å²) in [6, 6.07) is -4.14. The Balaban J connectivity index is 2.77. The van der Waals surface area contributed by atoms with E-state index in [1.165, 1.54) is 12.5 Å². The molecule has 0 radical (unpaired) electrons. The number of amides is 3. The molecule has 0 aromatic carbocycles. The largest absolute Gasteiger partial charge is 0.481 e. The molecule has 3 amide bonds. The number of primary amides is 1. The van der Waals surface area contributed by atoms with Gasteiger partial charge in [0.05, 0.1) is 18.8 Å². The van der Waals surface area contributed by atoms with Gasteiger partial charge in [0.2, 0.25) is 17.7 Å². The first-order chi connectivity index (χ1) is 13.1. The highest BCUT2D eigenvalue weighted by molar-refractivity contribution is 5.94. The summed E-state index contributed by atoms with van der Waals surface area (Å²) >= 11 is 0. The fraction of sp³-hybridized carbons (Fsp3) is 0.467. The van der Waals surface area contributed by atoms with Gasteiger partial charge in [0.15, 0.2) is 0 Å². The summed E-state index contributed by atoms with van der Waals surface area (Å²) in [5, 5.41) is 22.4. The van der Waals surface area contributed by atoms with E-state index in [0.29, 0.717) is 5.69 Å². The Labute approximate surface area is 158 Å². The van der Waals surface area contributed by atoms with Crippen molar-refractivity contribution in [3.8, 4) is 0 Å². The summed E-state index contributed by atoms with van der Waals surface area (Å²) in [6.07, 6.45) is 1.51. The number of aromatic nitrogens is 2. The lowest BCUT2D eigenvalue weighted by Crippen LogP contribution is -2.55. The van der Waals surface area contributed by atoms with E-state index in [2.05, 4.69) is 20.6 Å². The second kappa shape index (κ2) is 10.6. The number of nitrogens with one attached hydrogen (secondary N) is 3. The number of aromatic amines is 1. The molecule has 1 aromatic rings. The first-order valence-corrected chi connectivity index (χ1v) is 8.16. The molecule has 154 valence electrons. The molecule has 3 unspecified atom stereocenters. The number of aliphatic carboxylic acids is 2. The highest BCUT2D eigenvalue weighted by atomic mass is 16.4. The molecule has 0 saturated heterocycles. The van der Waals surface area contributed by atoms with Gasteiger partial charge in [-0.05, 0) is 6.42 Å². The zero-order valence-electron chi connectivity index (χ0n) is 14.8. The molecule has 0 aliphatic carbocycles. The number of H-pyrrole nitrogens is 1. The van der Waals surface area contributed by atoms with Crippen molar-refractivity contribution in [2.24, 2.45) is 11.5 Å². The first kappa shape index (κ1) is 22.6. The highest BCUT2D eigenvalue weighted by Gasteiger charge is 2.29. The van der Waals surface area contributed by atoms with Crippen LogP contribution < -0.4 is 22.1 Å². The van der Waals surface area contributed by atoms with Crippen LogP contribution in [-0.4, -0.2) is 68.0 Å². The Kier molecular flexibility index (Phi) is 8.55. The number of hydrogen-bond donors (Lipinski definition) is 7. The van der Waals surface area contributed by atoms with Crippen LogP contribution in [0.3, 0.4) is 0 Å². The molecule has 0 bridgehead atoms. The second-order valence-electron chi connectivity index (χ2n) is 5.95. The number of imidazole rings is 1. The van der Waals surface area contributed by atoms with Crippen LogP contribution >= 0.6 is 0 Å². The van der Waals surface area contributed by atoms with E-state index in [1.807, 2.05) is 0 Å². The molecule has 3 atom stereocenters. The molecule has 13 nitrogen and oxygen atoms in total. The molecule has 1 aromatic heterocycles. The van der Waals surface area contributed by atoms with Gasteiger partial charge in [-0.25, -0.2) is 9.78 Å². The van der Waals surface area contributed by atoms with Crippen LogP contribution in [0.15, 0.2) is 12.5 Å². The van der Waals surface area contributed by atoms with Crippen LogP contribution in [0.4, 0.5) is 0 Å². The third kappa shape index (κ3) is 7.82. The van der Waals surface area contributed by atoms with Crippen molar-refractivity contribution in [2.45, 2.75) is 43.8 Å². The zero-order chi connectivity index (χ0) is 21.3. The van der Waals surface area contributed by atoms with Gasteiger partial charge in [0.25, 0.3) is 0 Å². The fourth-order valence-corrected chi connectivity index (χ4v) is 2.20. The Bertz CT molecular complexity index is 720. The summed E-state index contributed by atoms with van der Waals surface area (Å²) in [5.41, 5.74) is 11.2. The summed E-state index contributed by atoms with van der Waals surface area (Å²) < 4.78 is 0. The van der Waals surface area contributed by atoms with Crippen molar-refractivity contribution < 1.29 is 34.2 Å². The van der Waals surface area contributed by atoms with Crippen molar-refractivity contribution in [3.05, 3.63) is 18.2 Å². The van der Waals surface area contributed by atoms with Gasteiger partial charge in [-0.15, -0.1) is 0 Å². The summed E-state index contributed by atoms with van der Waals surface area (Å²) in [4.78, 5) is 64.0. The monoisotopic (exact) mass is 398 g/mol. The summed E-state index contributed by atoms with van der Waals surface area (Å²) in [5.74, 6) is -5.44. The minimum Gasteiger partial charge on any atom is -0.481 e. The average Bonchev–Trinajstić information content (AvgIpc) is 3.09. The maximum Gasteiger partial charge on any atom is 0.326 e. The number of carbonyl (C=O) groups excluding carboxylic acids is 3. The molecule has 9 N–H and O–H groups in total. The first-order valence-electron chi connectivity index (χ1n) is 8.16. The molecule has 1 rings (SSSR count). The number of nitrogens with two attached hydrogens (primary N) is 2. The molecule has 0 spiro atoms. The fourth-order valence-electron chi connectivity index (χ4n) is 2.20. The minimum atomic E-state index is -1.56. The van der Waals surface area contributed by atoms with Gasteiger partial charge < -0.3 is 37.3 Å². The van der Waals surface area contributed by atoms with Crippen molar-refractivity contribution >= 4 is 29.7 Å². The number of carboxylic acid groups (broad SMARTS) is 2. The molecule has 0 aliphatic heterocycles. The maximum absolute atomic E-state index is 12.3. The third-order valence-electron chi connectivity index (χ3n) is 3.64. The quantitative estimate of drug-likeness (QED) is 0.191. The van der Waals surface area contributed by atoms with Gasteiger partial charge in [0.1, 0.15) is 12.1 Å². The van der Waals surface area contributed by atoms with Crippen LogP contribution in [0.5, 0.6) is 0 Å². The van der Waals surface area contributed by atoms with E-state index in [9.17, 15) is 24.0 Å². The average molecular weight is 398 g/mol. The maximum atomic E-state index is 12.3. The normalized spacial score (nSPS) is 13.8. The van der Waals surface area contributed by atoms with E-state index < -0.39 is 54.2 Å². The Morgan fingerprint density at radius 2 is 1.75 bits per heavy atom. The third-order valence-corrected chi connectivity index (χ3v) is 3.64. The number of carbonyl (C=O) groups is 5. The lowest BCUT2D eigenvalue weighted by molar-refractivity contribution is -0.143. The SMILES string of the molecule is NC(=O)CCC(NC(=O)C(CC(=O)O)NC(=O)C(N)Cc1cnc[nH]1)C(=O)O. The van der Waals surface area contributed by atoms with Gasteiger partial charge >= 0.3 is 11.9 Å². The van der Waals surface area contributed by atoms with Crippen LogP contribution in [0.2, 0.25) is 0 Å². The molecular formula is C15H22N6O7. The molecule has 0 fully saturated rings. The molecular weight excluding hydrogens is 376 g/mol. The van der Waals surface area contributed by atoms with Crippen LogP contribution in [0, 0.1) is 0 Å². The van der Waals surface area contributed by atoms with Crippen LogP contribution in [0.25, 0.3) is 0 Å². The number of carboxylic acids is 2. The smallest absolute Gasteiger partial charge is 0.326 e. The van der Waals surface area contributed by atoms with Crippen LogP contribution in [-0.2, 0) is 30.4 Å². The molecule has 0 saturated carbocycles. The Hall–Kier alpha value is -3.48. The molecule has 28 heavy (non-hydrogen) atoms. The van der Waals surface area contributed by atoms with E-state index in [0.717, 1.165) is 0 Å². The number of nitrogens with zero attached hydrogens (tertiary/aromatic N) is 1. The predicted molar refractivity (Wildman–Crippen MR) is 92.4 cm³/mol. The van der Waals surface area contributed by atoms with Crippen molar-refractivity contribution in [1.82, 2.24) is 20.6 Å². The summed E-state index contributed by atoms with van der Waals surface area (Å²) in [6.45, 7) is 0. The Morgan fingerprint density at radius 3 is 2.25 bits per heavy atom. The van der Waals surface area contributed by atoms with Gasteiger partial charge in [-0.2, -0.15) is 0 Å². The number of hydrogen-bond acceptors (Lipinski definition) is 7. The highest BCUT2D eigenvalue weighted by Crippen LogP contribution is 2.02. The minimum absolute atomic E-state index is 0.0591. The lowest BCUT2D eigenvalue weighted by atomic mass is 10.1. The molecule has 13 heteroatoms. The second-order valence-corrected chi connectivity index (χ2v) is 5.95. The summed E-state index contributed by atoms with van der Waals surface area (Å²) in [7, 11) is 0. The standard InChI is InChI=1S/C15H22N6O7/c16-8(3-7-5-18-6-19-7)13(25)21-10(4-12(23)24)14(26)20-9(15(27)28)1-2-11(17)22/h5-6,8-10H,1-4,16H2,(H2,17,22)(H,18,19)(H,20,26)(H,21,25)(H,23,24)(H,27,28). The number of rotatable bonds is 12. The van der Waals surface area contributed by atoms with E-state index in [1.54, 1.807) is 0 Å². The van der Waals surface area contributed by atoms with Gasteiger partial charge in [-0.1, -0.05) is 0 Å². The van der Waals surface area contributed by atoms with E-state index in [-0.39, 0.29) is 19.3 Å². The molecule has 0 aliphatic rings. The van der Waals surface area contributed by atoms with Gasteiger partial charge in [-0.3, -0.25) is 19.2 Å². The van der Waals surface area contributed by atoms with E-state index in [4.69, 9.17) is 21.7 Å². The van der Waals surface area contributed by atoms with Gasteiger partial charge in [0, 0.05) is 24.7 Å². The van der Waals surface area contributed by atoms with E-state index >= 15 is 0 Å². The molecule has 1 heterocycles. The topological polar surface area (TPSA) is 231 Å².